The lowest BCUT2D eigenvalue weighted by molar-refractivity contribution is -0.137. The van der Waals surface area contributed by atoms with Crippen molar-refractivity contribution < 1.29 is 22.8 Å². The van der Waals surface area contributed by atoms with Gasteiger partial charge in [-0.05, 0) is 49.4 Å². The molecule has 0 radical (unpaired) electrons. The van der Waals surface area contributed by atoms with Gasteiger partial charge in [0, 0.05) is 43.9 Å². The summed E-state index contributed by atoms with van der Waals surface area (Å²) in [5.41, 5.74) is 0.656. The molecule has 3 aromatic rings. The van der Waals surface area contributed by atoms with E-state index in [1.807, 2.05) is 12.1 Å². The van der Waals surface area contributed by atoms with Crippen LogP contribution in [0.25, 0.3) is 11.4 Å². The highest BCUT2D eigenvalue weighted by molar-refractivity contribution is 5.55. The molecule has 0 unspecified atom stereocenters. The van der Waals surface area contributed by atoms with Crippen LogP contribution < -0.4 is 4.90 Å². The monoisotopic (exact) mass is 432 g/mol. The second-order valence-electron chi connectivity index (χ2n) is 7.54. The van der Waals surface area contributed by atoms with Crippen LogP contribution in [0.4, 0.5) is 18.9 Å². The molecule has 9 heteroatoms. The second-order valence-corrected chi connectivity index (χ2v) is 7.54. The van der Waals surface area contributed by atoms with Gasteiger partial charge >= 0.3 is 6.18 Å². The number of aromatic hydroxyl groups is 1. The fourth-order valence-electron chi connectivity index (χ4n) is 3.66. The highest BCUT2D eigenvalue weighted by atomic mass is 19.4. The van der Waals surface area contributed by atoms with E-state index in [-0.39, 0.29) is 17.1 Å². The van der Waals surface area contributed by atoms with Crippen molar-refractivity contribution in [2.45, 2.75) is 19.0 Å². The van der Waals surface area contributed by atoms with E-state index >= 15 is 0 Å². The molecule has 0 bridgehead atoms. The first-order valence-corrected chi connectivity index (χ1v) is 10.1. The molecule has 0 atom stereocenters. The molecule has 0 saturated carbocycles. The van der Waals surface area contributed by atoms with E-state index in [1.54, 1.807) is 12.1 Å². The van der Waals surface area contributed by atoms with Crippen molar-refractivity contribution in [3.8, 4) is 17.1 Å². The molecule has 0 spiro atoms. The summed E-state index contributed by atoms with van der Waals surface area (Å²) < 4.78 is 43.9. The summed E-state index contributed by atoms with van der Waals surface area (Å²) in [6.07, 6.45) is -3.01. The van der Waals surface area contributed by atoms with Crippen molar-refractivity contribution in [1.82, 2.24) is 15.0 Å². The fraction of sp³-hybridized carbons (Fsp3) is 0.364. The predicted octanol–water partition coefficient (Wildman–Crippen LogP) is 4.22. The van der Waals surface area contributed by atoms with Crippen LogP contribution in [-0.2, 0) is 12.6 Å². The molecule has 2 aromatic carbocycles. The molecule has 1 aliphatic heterocycles. The molecule has 6 nitrogen and oxygen atoms in total. The van der Waals surface area contributed by atoms with E-state index < -0.39 is 11.7 Å². The minimum Gasteiger partial charge on any atom is -0.508 e. The Hall–Kier alpha value is -3.07. The number of anilines is 1. The lowest BCUT2D eigenvalue weighted by Crippen LogP contribution is -2.46. The normalized spacial score (nSPS) is 15.4. The van der Waals surface area contributed by atoms with Crippen molar-refractivity contribution in [2.24, 2.45) is 0 Å². The van der Waals surface area contributed by atoms with Gasteiger partial charge in [0.1, 0.15) is 5.75 Å². The Bertz CT molecular complexity index is 996. The van der Waals surface area contributed by atoms with Crippen molar-refractivity contribution in [2.75, 3.05) is 37.6 Å². The summed E-state index contributed by atoms with van der Waals surface area (Å²) in [6, 6.07) is 12.2. The number of hydrogen-bond acceptors (Lipinski definition) is 6. The van der Waals surface area contributed by atoms with Crippen LogP contribution in [0.1, 0.15) is 17.9 Å². The number of phenols is 1. The number of nitrogens with zero attached hydrogens (tertiary/aromatic N) is 4. The topological polar surface area (TPSA) is 65.6 Å². The number of aryl methyl sites for hydroxylation is 1. The maximum atomic E-state index is 12.9. The van der Waals surface area contributed by atoms with Gasteiger partial charge in [0.15, 0.2) is 0 Å². The standard InChI is InChI=1S/C22H23F3N4O2/c23-22(24,25)17-4-1-3-16(15-17)21-26-20(31-27-21)5-2-10-28-11-13-29(14-12-28)18-6-8-19(30)9-7-18/h1,3-4,6-9,15,30H,2,5,10-14H2. The molecule has 164 valence electrons. The summed E-state index contributed by atoms with van der Waals surface area (Å²) in [5, 5.41) is 13.2. The molecule has 1 fully saturated rings. The molecule has 0 aliphatic carbocycles. The minimum atomic E-state index is -4.41. The Morgan fingerprint density at radius 2 is 1.74 bits per heavy atom. The maximum absolute atomic E-state index is 12.9. The summed E-state index contributed by atoms with van der Waals surface area (Å²) in [6.45, 7) is 4.56. The van der Waals surface area contributed by atoms with Crippen LogP contribution in [0.5, 0.6) is 5.75 Å². The lowest BCUT2D eigenvalue weighted by atomic mass is 10.1. The molecule has 4 rings (SSSR count). The molecule has 1 saturated heterocycles. The highest BCUT2D eigenvalue weighted by Gasteiger charge is 2.30. The SMILES string of the molecule is Oc1ccc(N2CCN(CCCc3nc(-c4cccc(C(F)(F)F)c4)no3)CC2)cc1. The first-order valence-electron chi connectivity index (χ1n) is 10.1. The molecule has 2 heterocycles. The Morgan fingerprint density at radius 1 is 1.00 bits per heavy atom. The van der Waals surface area contributed by atoms with Crippen LogP contribution in [0.15, 0.2) is 53.1 Å². The molecule has 1 aromatic heterocycles. The lowest BCUT2D eigenvalue weighted by Gasteiger charge is -2.36. The summed E-state index contributed by atoms with van der Waals surface area (Å²) in [5.74, 6) is 0.860. The number of rotatable bonds is 6. The molecule has 31 heavy (non-hydrogen) atoms. The Morgan fingerprint density at radius 3 is 2.45 bits per heavy atom. The van der Waals surface area contributed by atoms with E-state index in [0.29, 0.717) is 12.3 Å². The van der Waals surface area contributed by atoms with Crippen LogP contribution in [0.2, 0.25) is 0 Å². The third-order valence-corrected chi connectivity index (χ3v) is 5.37. The van der Waals surface area contributed by atoms with E-state index in [9.17, 15) is 18.3 Å². The summed E-state index contributed by atoms with van der Waals surface area (Å²) in [4.78, 5) is 8.90. The zero-order chi connectivity index (χ0) is 21.8. The Balaban J connectivity index is 1.25. The van der Waals surface area contributed by atoms with Gasteiger partial charge in [-0.3, -0.25) is 4.90 Å². The number of halogens is 3. The zero-order valence-corrected chi connectivity index (χ0v) is 16.8. The molecule has 0 amide bonds. The summed E-state index contributed by atoms with van der Waals surface area (Å²) in [7, 11) is 0. The van der Waals surface area contributed by atoms with Crippen molar-refractivity contribution >= 4 is 5.69 Å². The van der Waals surface area contributed by atoms with Gasteiger partial charge in [-0.25, -0.2) is 0 Å². The van der Waals surface area contributed by atoms with Crippen LogP contribution in [0, 0.1) is 0 Å². The molecular formula is C22H23F3N4O2. The molecule has 1 aliphatic rings. The predicted molar refractivity (Wildman–Crippen MR) is 110 cm³/mol. The second kappa shape index (κ2) is 8.97. The van der Waals surface area contributed by atoms with Gasteiger partial charge < -0.3 is 14.5 Å². The average Bonchev–Trinajstić information content (AvgIpc) is 3.23. The van der Waals surface area contributed by atoms with E-state index in [1.165, 1.54) is 12.1 Å². The number of hydrogen-bond donors (Lipinski definition) is 1. The van der Waals surface area contributed by atoms with Gasteiger partial charge in [0.2, 0.25) is 11.7 Å². The van der Waals surface area contributed by atoms with Gasteiger partial charge in [0.05, 0.1) is 5.56 Å². The molecular weight excluding hydrogens is 409 g/mol. The van der Waals surface area contributed by atoms with Gasteiger partial charge in [0.25, 0.3) is 0 Å². The first kappa shape index (κ1) is 21.2. The zero-order valence-electron chi connectivity index (χ0n) is 16.8. The van der Waals surface area contributed by atoms with E-state index in [2.05, 4.69) is 19.9 Å². The fourth-order valence-corrected chi connectivity index (χ4v) is 3.66. The maximum Gasteiger partial charge on any atom is 0.416 e. The summed E-state index contributed by atoms with van der Waals surface area (Å²) >= 11 is 0. The minimum absolute atomic E-state index is 0.170. The third-order valence-electron chi connectivity index (χ3n) is 5.37. The number of benzene rings is 2. The number of alkyl halides is 3. The van der Waals surface area contributed by atoms with Crippen molar-refractivity contribution in [1.29, 1.82) is 0 Å². The van der Waals surface area contributed by atoms with E-state index in [0.717, 1.165) is 57.0 Å². The Labute approximate surface area is 177 Å². The van der Waals surface area contributed by atoms with Gasteiger partial charge in [-0.2, -0.15) is 18.2 Å². The number of phenolic OH excluding ortho intramolecular Hbond substituents is 1. The van der Waals surface area contributed by atoms with Gasteiger partial charge in [-0.1, -0.05) is 17.3 Å². The Kier molecular flexibility index (Phi) is 6.13. The average molecular weight is 432 g/mol. The quantitative estimate of drug-likeness (QED) is 0.629. The largest absolute Gasteiger partial charge is 0.508 e. The van der Waals surface area contributed by atoms with Crippen LogP contribution in [0.3, 0.4) is 0 Å². The smallest absolute Gasteiger partial charge is 0.416 e. The van der Waals surface area contributed by atoms with Gasteiger partial charge in [-0.15, -0.1) is 0 Å². The number of piperazine rings is 1. The van der Waals surface area contributed by atoms with Crippen LogP contribution >= 0.6 is 0 Å². The number of aromatic nitrogens is 2. The van der Waals surface area contributed by atoms with Crippen molar-refractivity contribution in [3.05, 3.63) is 60.0 Å². The van der Waals surface area contributed by atoms with Crippen molar-refractivity contribution in [3.63, 3.8) is 0 Å². The van der Waals surface area contributed by atoms with Crippen LogP contribution in [-0.4, -0.2) is 52.9 Å². The van der Waals surface area contributed by atoms with E-state index in [4.69, 9.17) is 4.52 Å². The molecule has 1 N–H and O–H groups in total. The highest BCUT2D eigenvalue weighted by Crippen LogP contribution is 2.31. The first-order chi connectivity index (χ1) is 14.9. The third kappa shape index (κ3) is 5.35.